The number of hydrogen-bond acceptors (Lipinski definition) is 2. The van der Waals surface area contributed by atoms with Crippen molar-refractivity contribution < 1.29 is 8.42 Å². The molecule has 3 nitrogen and oxygen atoms in total. The van der Waals surface area contributed by atoms with E-state index in [9.17, 15) is 8.42 Å². The summed E-state index contributed by atoms with van der Waals surface area (Å²) in [6.45, 7) is 1.95. The Bertz CT molecular complexity index is 414. The van der Waals surface area contributed by atoms with Crippen LogP contribution in [0.25, 0.3) is 0 Å². The molecule has 0 aromatic heterocycles. The summed E-state index contributed by atoms with van der Waals surface area (Å²) >= 11 is 3.32. The van der Waals surface area contributed by atoms with Crippen molar-refractivity contribution in [1.82, 2.24) is 0 Å². The monoisotopic (exact) mass is 263 g/mol. The Morgan fingerprint density at radius 2 is 2.08 bits per heavy atom. The SMILES string of the molecule is CCc1cc(S(N)(=O)=O)ccc1Br. The first-order valence-electron chi connectivity index (χ1n) is 3.76. The number of aryl methyl sites for hydroxylation is 1. The number of halogens is 1. The fraction of sp³-hybridized carbons (Fsp3) is 0.250. The van der Waals surface area contributed by atoms with Crippen molar-refractivity contribution in [3.05, 3.63) is 28.2 Å². The number of nitrogens with two attached hydrogens (primary N) is 1. The summed E-state index contributed by atoms with van der Waals surface area (Å²) in [5.74, 6) is 0. The lowest BCUT2D eigenvalue weighted by Gasteiger charge is -2.03. The van der Waals surface area contributed by atoms with Gasteiger partial charge in [-0.3, -0.25) is 0 Å². The number of benzene rings is 1. The molecule has 72 valence electrons. The molecule has 0 heterocycles. The summed E-state index contributed by atoms with van der Waals surface area (Å²) in [5, 5.41) is 4.99. The van der Waals surface area contributed by atoms with Gasteiger partial charge < -0.3 is 0 Å². The molecule has 0 aliphatic carbocycles. The zero-order chi connectivity index (χ0) is 10.1. The lowest BCUT2D eigenvalue weighted by atomic mass is 10.2. The third-order valence-electron chi connectivity index (χ3n) is 1.73. The van der Waals surface area contributed by atoms with E-state index in [2.05, 4.69) is 15.9 Å². The van der Waals surface area contributed by atoms with Crippen molar-refractivity contribution in [2.45, 2.75) is 18.2 Å². The first-order valence-corrected chi connectivity index (χ1v) is 6.10. The Morgan fingerprint density at radius 1 is 1.46 bits per heavy atom. The van der Waals surface area contributed by atoms with Gasteiger partial charge in [0.05, 0.1) is 4.90 Å². The minimum atomic E-state index is -3.57. The molecule has 2 N–H and O–H groups in total. The summed E-state index contributed by atoms with van der Waals surface area (Å²) in [6.07, 6.45) is 0.768. The molecule has 0 fully saturated rings. The molecule has 0 unspecified atom stereocenters. The maximum absolute atomic E-state index is 11.0. The van der Waals surface area contributed by atoms with Crippen LogP contribution in [0, 0.1) is 0 Å². The average Bonchev–Trinajstić information content (AvgIpc) is 2.03. The van der Waals surface area contributed by atoms with Gasteiger partial charge in [-0.1, -0.05) is 22.9 Å². The quantitative estimate of drug-likeness (QED) is 0.883. The van der Waals surface area contributed by atoms with Gasteiger partial charge in [-0.05, 0) is 30.2 Å². The molecule has 1 aromatic rings. The summed E-state index contributed by atoms with van der Waals surface area (Å²) < 4.78 is 22.9. The summed E-state index contributed by atoms with van der Waals surface area (Å²) in [5.41, 5.74) is 0.937. The van der Waals surface area contributed by atoms with Crippen LogP contribution in [0.1, 0.15) is 12.5 Å². The molecule has 0 saturated carbocycles. The van der Waals surface area contributed by atoms with Crippen molar-refractivity contribution in [2.24, 2.45) is 5.14 Å². The van der Waals surface area contributed by atoms with E-state index in [0.717, 1.165) is 16.5 Å². The number of rotatable bonds is 2. The highest BCUT2D eigenvalue weighted by molar-refractivity contribution is 9.10. The molecule has 0 bridgehead atoms. The molecule has 13 heavy (non-hydrogen) atoms. The molecule has 1 rings (SSSR count). The average molecular weight is 264 g/mol. The van der Waals surface area contributed by atoms with E-state index in [1.807, 2.05) is 6.92 Å². The maximum atomic E-state index is 11.0. The first kappa shape index (κ1) is 10.7. The maximum Gasteiger partial charge on any atom is 0.238 e. The lowest BCUT2D eigenvalue weighted by molar-refractivity contribution is 0.597. The second-order valence-corrected chi connectivity index (χ2v) is 5.07. The second kappa shape index (κ2) is 3.77. The summed E-state index contributed by atoms with van der Waals surface area (Å²) in [4.78, 5) is 0.160. The van der Waals surface area contributed by atoms with Crippen LogP contribution in [-0.4, -0.2) is 8.42 Å². The topological polar surface area (TPSA) is 60.2 Å². The largest absolute Gasteiger partial charge is 0.238 e. The summed E-state index contributed by atoms with van der Waals surface area (Å²) in [7, 11) is -3.57. The molecule has 0 radical (unpaired) electrons. The van der Waals surface area contributed by atoms with E-state index in [-0.39, 0.29) is 4.90 Å². The minimum absolute atomic E-state index is 0.160. The lowest BCUT2D eigenvalue weighted by Crippen LogP contribution is -2.12. The van der Waals surface area contributed by atoms with Crippen LogP contribution in [-0.2, 0) is 16.4 Å². The fourth-order valence-electron chi connectivity index (χ4n) is 0.999. The van der Waals surface area contributed by atoms with Gasteiger partial charge in [0.1, 0.15) is 0 Å². The molecular formula is C8H10BrNO2S. The van der Waals surface area contributed by atoms with Crippen LogP contribution in [0.3, 0.4) is 0 Å². The van der Waals surface area contributed by atoms with Crippen molar-refractivity contribution >= 4 is 26.0 Å². The highest BCUT2D eigenvalue weighted by atomic mass is 79.9. The molecule has 0 spiro atoms. The third kappa shape index (κ3) is 2.52. The van der Waals surface area contributed by atoms with Crippen LogP contribution in [0.5, 0.6) is 0 Å². The molecule has 0 aliphatic heterocycles. The van der Waals surface area contributed by atoms with Crippen LogP contribution in [0.2, 0.25) is 0 Å². The molecule has 0 saturated heterocycles. The van der Waals surface area contributed by atoms with Gasteiger partial charge in [0.2, 0.25) is 10.0 Å². The van der Waals surface area contributed by atoms with E-state index in [4.69, 9.17) is 5.14 Å². The third-order valence-corrected chi connectivity index (χ3v) is 3.41. The van der Waals surface area contributed by atoms with Crippen LogP contribution in [0.15, 0.2) is 27.6 Å². The van der Waals surface area contributed by atoms with Gasteiger partial charge in [-0.25, -0.2) is 13.6 Å². The van der Waals surface area contributed by atoms with E-state index in [1.165, 1.54) is 6.07 Å². The van der Waals surface area contributed by atoms with Gasteiger partial charge >= 0.3 is 0 Å². The predicted molar refractivity (Wildman–Crippen MR) is 54.9 cm³/mol. The first-order chi connectivity index (χ1) is 5.95. The predicted octanol–water partition coefficient (Wildman–Crippen LogP) is 1.66. The molecule has 5 heteroatoms. The molecule has 0 amide bonds. The Labute approximate surface area is 86.1 Å². The molecular weight excluding hydrogens is 254 g/mol. The Hall–Kier alpha value is -0.390. The second-order valence-electron chi connectivity index (χ2n) is 2.65. The zero-order valence-electron chi connectivity index (χ0n) is 7.12. The molecule has 0 atom stereocenters. The van der Waals surface area contributed by atoms with Crippen molar-refractivity contribution in [3.63, 3.8) is 0 Å². The highest BCUT2D eigenvalue weighted by Crippen LogP contribution is 2.20. The standard InChI is InChI=1S/C8H10BrNO2S/c1-2-6-5-7(13(10,11)12)3-4-8(6)9/h3-5H,2H2,1H3,(H2,10,11,12). The summed E-state index contributed by atoms with van der Waals surface area (Å²) in [6, 6.07) is 4.76. The van der Waals surface area contributed by atoms with Crippen molar-refractivity contribution in [2.75, 3.05) is 0 Å². The van der Waals surface area contributed by atoms with Gasteiger partial charge in [-0.2, -0.15) is 0 Å². The number of primary sulfonamides is 1. The van der Waals surface area contributed by atoms with Gasteiger partial charge in [0.25, 0.3) is 0 Å². The Morgan fingerprint density at radius 3 is 2.54 bits per heavy atom. The van der Waals surface area contributed by atoms with Crippen molar-refractivity contribution in [3.8, 4) is 0 Å². The molecule has 1 aromatic carbocycles. The zero-order valence-corrected chi connectivity index (χ0v) is 9.52. The Kier molecular flexibility index (Phi) is 3.10. The normalized spacial score (nSPS) is 11.6. The molecule has 0 aliphatic rings. The fourth-order valence-corrected chi connectivity index (χ4v) is 2.09. The van der Waals surface area contributed by atoms with Crippen molar-refractivity contribution in [1.29, 1.82) is 0 Å². The van der Waals surface area contributed by atoms with Crippen LogP contribution in [0.4, 0.5) is 0 Å². The van der Waals surface area contributed by atoms with Gasteiger partial charge in [0.15, 0.2) is 0 Å². The Balaban J connectivity index is 3.30. The van der Waals surface area contributed by atoms with Crippen LogP contribution < -0.4 is 5.14 Å². The highest BCUT2D eigenvalue weighted by Gasteiger charge is 2.09. The number of sulfonamides is 1. The minimum Gasteiger partial charge on any atom is -0.225 e. The van der Waals surface area contributed by atoms with Crippen LogP contribution >= 0.6 is 15.9 Å². The van der Waals surface area contributed by atoms with Gasteiger partial charge in [-0.15, -0.1) is 0 Å². The van der Waals surface area contributed by atoms with E-state index < -0.39 is 10.0 Å². The van der Waals surface area contributed by atoms with Gasteiger partial charge in [0, 0.05) is 4.47 Å². The van der Waals surface area contributed by atoms with E-state index in [0.29, 0.717) is 0 Å². The van der Waals surface area contributed by atoms with E-state index in [1.54, 1.807) is 12.1 Å². The van der Waals surface area contributed by atoms with E-state index >= 15 is 0 Å². The number of hydrogen-bond donors (Lipinski definition) is 1. The smallest absolute Gasteiger partial charge is 0.225 e.